The number of aliphatic hydroxyl groups is 1. The predicted molar refractivity (Wildman–Crippen MR) is 132 cm³/mol. The van der Waals surface area contributed by atoms with Crippen molar-refractivity contribution >= 4 is 23.1 Å². The molecule has 10 heteroatoms. The molecule has 0 unspecified atom stereocenters. The van der Waals surface area contributed by atoms with Gasteiger partial charge in [-0.05, 0) is 38.8 Å². The van der Waals surface area contributed by atoms with Gasteiger partial charge in [0.1, 0.15) is 11.6 Å². The summed E-state index contributed by atoms with van der Waals surface area (Å²) in [6, 6.07) is 4.02. The van der Waals surface area contributed by atoms with E-state index >= 15 is 0 Å². The van der Waals surface area contributed by atoms with Crippen LogP contribution in [-0.4, -0.2) is 59.8 Å². The quantitative estimate of drug-likeness (QED) is 0.330. The number of anilines is 2. The average Bonchev–Trinajstić information content (AvgIpc) is 3.41. The number of hydrogen-bond acceptors (Lipinski definition) is 8. The van der Waals surface area contributed by atoms with Crippen LogP contribution in [-0.2, 0) is 6.54 Å². The summed E-state index contributed by atoms with van der Waals surface area (Å²) < 4.78 is 3.86. The molecule has 4 N–H and O–H groups in total. The molecule has 0 bridgehead atoms. The SMILES string of the molecule is Cc1cc(C)n2cc(CNc3cc(NC[C@H]4CCNC[C@@H]4O)nc4c(C(C)C)cnn34)nc2n1. The minimum atomic E-state index is -0.348. The maximum atomic E-state index is 10.3. The van der Waals surface area contributed by atoms with Crippen molar-refractivity contribution in [2.75, 3.05) is 30.3 Å². The van der Waals surface area contributed by atoms with E-state index in [1.165, 1.54) is 0 Å². The van der Waals surface area contributed by atoms with Gasteiger partial charge in [-0.1, -0.05) is 13.8 Å². The molecule has 0 spiro atoms. The van der Waals surface area contributed by atoms with Gasteiger partial charge >= 0.3 is 0 Å². The van der Waals surface area contributed by atoms with Crippen LogP contribution in [0.1, 0.15) is 48.8 Å². The number of piperidine rings is 1. The maximum absolute atomic E-state index is 10.3. The number of rotatable bonds is 7. The lowest BCUT2D eigenvalue weighted by molar-refractivity contribution is 0.0883. The second-order valence-corrected chi connectivity index (χ2v) is 9.51. The number of nitrogens with zero attached hydrogens (tertiary/aromatic N) is 6. The van der Waals surface area contributed by atoms with Crippen LogP contribution < -0.4 is 16.0 Å². The van der Waals surface area contributed by atoms with Gasteiger partial charge in [-0.25, -0.2) is 15.0 Å². The zero-order valence-electron chi connectivity index (χ0n) is 20.2. The molecular weight excluding hydrogens is 430 g/mol. The first-order chi connectivity index (χ1) is 16.4. The number of fused-ring (bicyclic) bond motifs is 2. The smallest absolute Gasteiger partial charge is 0.234 e. The van der Waals surface area contributed by atoms with Crippen LogP contribution in [0.25, 0.3) is 11.4 Å². The van der Waals surface area contributed by atoms with Crippen LogP contribution in [0.2, 0.25) is 0 Å². The maximum Gasteiger partial charge on any atom is 0.234 e. The van der Waals surface area contributed by atoms with Gasteiger partial charge in [0.2, 0.25) is 5.78 Å². The second-order valence-electron chi connectivity index (χ2n) is 9.51. The zero-order valence-corrected chi connectivity index (χ0v) is 20.2. The van der Waals surface area contributed by atoms with Crippen LogP contribution in [0, 0.1) is 19.8 Å². The summed E-state index contributed by atoms with van der Waals surface area (Å²) in [4.78, 5) is 14.1. The number of nitrogens with one attached hydrogen (secondary N) is 3. The van der Waals surface area contributed by atoms with Crippen molar-refractivity contribution < 1.29 is 5.11 Å². The van der Waals surface area contributed by atoms with Crippen LogP contribution >= 0.6 is 0 Å². The standard InChI is InChI=1S/C24H33N9O/c1-14(2)19-11-28-33-22(27-10-18-13-32-16(4)7-15(3)29-24(32)30-18)8-21(31-23(19)33)26-9-17-5-6-25-12-20(17)34/h7-8,11,13-14,17,20,25,27,34H,5-6,9-10,12H2,1-4H3,(H,26,31)/t17-,20+/m1/s1. The van der Waals surface area contributed by atoms with Crippen LogP contribution in [0.4, 0.5) is 11.6 Å². The average molecular weight is 464 g/mol. The second kappa shape index (κ2) is 9.19. The molecule has 5 heterocycles. The van der Waals surface area contributed by atoms with Crippen molar-refractivity contribution in [3.63, 3.8) is 0 Å². The number of imidazole rings is 1. The lowest BCUT2D eigenvalue weighted by Crippen LogP contribution is -2.43. The highest BCUT2D eigenvalue weighted by molar-refractivity contribution is 5.61. The van der Waals surface area contributed by atoms with Crippen molar-refractivity contribution in [1.82, 2.24) is 34.3 Å². The highest BCUT2D eigenvalue weighted by Gasteiger charge is 2.23. The van der Waals surface area contributed by atoms with Gasteiger partial charge in [0.15, 0.2) is 5.65 Å². The molecule has 0 saturated carbocycles. The third kappa shape index (κ3) is 4.43. The Kier molecular flexibility index (Phi) is 6.09. The van der Waals surface area contributed by atoms with Crippen molar-refractivity contribution in [1.29, 1.82) is 0 Å². The van der Waals surface area contributed by atoms with Gasteiger partial charge < -0.3 is 21.1 Å². The van der Waals surface area contributed by atoms with E-state index in [0.29, 0.717) is 31.3 Å². The van der Waals surface area contributed by atoms with Crippen molar-refractivity contribution in [2.24, 2.45) is 5.92 Å². The topological polar surface area (TPSA) is 117 Å². The van der Waals surface area contributed by atoms with Gasteiger partial charge in [-0.3, -0.25) is 4.40 Å². The third-order valence-corrected chi connectivity index (χ3v) is 6.52. The molecule has 5 rings (SSSR count). The summed E-state index contributed by atoms with van der Waals surface area (Å²) in [5.74, 6) is 2.81. The van der Waals surface area contributed by atoms with E-state index in [0.717, 1.165) is 52.9 Å². The molecule has 34 heavy (non-hydrogen) atoms. The van der Waals surface area contributed by atoms with E-state index in [4.69, 9.17) is 4.98 Å². The van der Waals surface area contributed by atoms with Crippen LogP contribution in [0.3, 0.4) is 0 Å². The van der Waals surface area contributed by atoms with Gasteiger partial charge in [-0.15, -0.1) is 0 Å². The van der Waals surface area contributed by atoms with Crippen LogP contribution in [0.15, 0.2) is 24.5 Å². The van der Waals surface area contributed by atoms with Gasteiger partial charge in [-0.2, -0.15) is 9.61 Å². The van der Waals surface area contributed by atoms with Crippen molar-refractivity contribution in [3.05, 3.63) is 47.2 Å². The largest absolute Gasteiger partial charge is 0.391 e. The molecule has 1 aliphatic rings. The first-order valence-electron chi connectivity index (χ1n) is 12.0. The van der Waals surface area contributed by atoms with Crippen molar-refractivity contribution in [3.8, 4) is 0 Å². The molecule has 180 valence electrons. The molecule has 4 aromatic heterocycles. The van der Waals surface area contributed by atoms with E-state index in [1.807, 2.05) is 40.4 Å². The molecule has 0 amide bonds. The van der Waals surface area contributed by atoms with E-state index < -0.39 is 0 Å². The Morgan fingerprint density at radius 2 is 2.03 bits per heavy atom. The fraction of sp³-hybridized carbons (Fsp3) is 0.500. The fourth-order valence-electron chi connectivity index (χ4n) is 4.56. The van der Waals surface area contributed by atoms with Gasteiger partial charge in [0.25, 0.3) is 0 Å². The number of aliphatic hydroxyl groups excluding tert-OH is 1. The monoisotopic (exact) mass is 463 g/mol. The summed E-state index contributed by atoms with van der Waals surface area (Å²) in [6.07, 6.45) is 4.49. The minimum Gasteiger partial charge on any atom is -0.391 e. The molecule has 2 atom stereocenters. The highest BCUT2D eigenvalue weighted by Crippen LogP contribution is 2.25. The summed E-state index contributed by atoms with van der Waals surface area (Å²) in [5, 5.41) is 25.1. The normalized spacial score (nSPS) is 18.8. The lowest BCUT2D eigenvalue weighted by Gasteiger charge is -2.28. The summed E-state index contributed by atoms with van der Waals surface area (Å²) in [7, 11) is 0. The molecule has 1 fully saturated rings. The number of hydrogen-bond donors (Lipinski definition) is 4. The Morgan fingerprint density at radius 3 is 2.82 bits per heavy atom. The molecule has 10 nitrogen and oxygen atoms in total. The Morgan fingerprint density at radius 1 is 1.18 bits per heavy atom. The van der Waals surface area contributed by atoms with E-state index in [1.54, 1.807) is 0 Å². The Balaban J connectivity index is 1.41. The van der Waals surface area contributed by atoms with Crippen LogP contribution in [0.5, 0.6) is 0 Å². The summed E-state index contributed by atoms with van der Waals surface area (Å²) >= 11 is 0. The predicted octanol–water partition coefficient (Wildman–Crippen LogP) is 2.51. The molecule has 4 aromatic rings. The molecule has 0 aromatic carbocycles. The Labute approximate surface area is 198 Å². The van der Waals surface area contributed by atoms with Gasteiger partial charge in [0, 0.05) is 48.2 Å². The van der Waals surface area contributed by atoms with E-state index in [-0.39, 0.29) is 12.0 Å². The zero-order chi connectivity index (χ0) is 23.8. The molecular formula is C24H33N9O. The summed E-state index contributed by atoms with van der Waals surface area (Å²) in [6.45, 7) is 11.1. The van der Waals surface area contributed by atoms with E-state index in [2.05, 4.69) is 51.8 Å². The summed E-state index contributed by atoms with van der Waals surface area (Å²) in [5.41, 5.74) is 4.88. The minimum absolute atomic E-state index is 0.197. The first kappa shape index (κ1) is 22.5. The van der Waals surface area contributed by atoms with E-state index in [9.17, 15) is 5.11 Å². The van der Waals surface area contributed by atoms with Gasteiger partial charge in [0.05, 0.1) is 24.5 Å². The Bertz CT molecular complexity index is 1310. The first-order valence-corrected chi connectivity index (χ1v) is 12.0. The Hall–Kier alpha value is -3.24. The number of β-amino-alcohol motifs (C(OH)–C–C–N with tert-alkyl or cyclic N) is 1. The number of aryl methyl sites for hydroxylation is 2. The molecule has 1 saturated heterocycles. The highest BCUT2D eigenvalue weighted by atomic mass is 16.3. The molecule has 0 aliphatic carbocycles. The molecule has 1 aliphatic heterocycles. The lowest BCUT2D eigenvalue weighted by atomic mass is 9.95. The van der Waals surface area contributed by atoms with Crippen molar-refractivity contribution in [2.45, 2.75) is 52.7 Å². The molecule has 0 radical (unpaired) electrons. The fourth-order valence-corrected chi connectivity index (χ4v) is 4.56. The third-order valence-electron chi connectivity index (χ3n) is 6.52. The number of aromatic nitrogens is 6.